The van der Waals surface area contributed by atoms with Gasteiger partial charge in [-0.15, -0.1) is 0 Å². The molecule has 0 unspecified atom stereocenters. The molecule has 2 aliphatic rings. The number of nitrogens with zero attached hydrogens (tertiary/aromatic N) is 1. The van der Waals surface area contributed by atoms with Crippen molar-refractivity contribution in [1.82, 2.24) is 0 Å². The topological polar surface area (TPSA) is 3.24 Å². The summed E-state index contributed by atoms with van der Waals surface area (Å²) < 4.78 is 0. The molecule has 0 spiro atoms. The minimum absolute atomic E-state index is 1.00. The highest BCUT2D eigenvalue weighted by Gasteiger charge is 2.23. The highest BCUT2D eigenvalue weighted by Crippen LogP contribution is 2.44. The first kappa shape index (κ1) is 19.4. The maximum Gasteiger partial charge on any atom is 0.0464 e. The molecule has 2 aliphatic carbocycles. The summed E-state index contributed by atoms with van der Waals surface area (Å²) in [7, 11) is 0. The molecule has 0 heterocycles. The van der Waals surface area contributed by atoms with Crippen molar-refractivity contribution in [2.75, 3.05) is 4.90 Å². The van der Waals surface area contributed by atoms with Crippen LogP contribution < -0.4 is 4.90 Å². The van der Waals surface area contributed by atoms with E-state index in [1.165, 1.54) is 67.1 Å². The molecule has 0 fully saturated rings. The van der Waals surface area contributed by atoms with Crippen LogP contribution in [0.4, 0.5) is 17.1 Å². The molecular formula is C33H25N. The van der Waals surface area contributed by atoms with Gasteiger partial charge in [-0.2, -0.15) is 0 Å². The maximum absolute atomic E-state index is 2.41. The van der Waals surface area contributed by atoms with E-state index in [9.17, 15) is 0 Å². The molecule has 5 aromatic carbocycles. The van der Waals surface area contributed by atoms with Gasteiger partial charge >= 0.3 is 0 Å². The Bertz CT molecular complexity index is 1460. The normalized spacial score (nSPS) is 12.6. The van der Waals surface area contributed by atoms with Gasteiger partial charge in [0.15, 0.2) is 0 Å². The van der Waals surface area contributed by atoms with Crippen LogP contribution in [0.5, 0.6) is 0 Å². The molecule has 0 atom stereocenters. The van der Waals surface area contributed by atoms with E-state index in [4.69, 9.17) is 0 Å². The maximum atomic E-state index is 2.41. The molecule has 1 nitrogen and oxygen atoms in total. The van der Waals surface area contributed by atoms with Crippen LogP contribution >= 0.6 is 0 Å². The van der Waals surface area contributed by atoms with E-state index >= 15 is 0 Å². The SMILES string of the molecule is Cc1ccc(N(c2ccc3c(c2)Cc2ccccc2-3)c2ccc3c(c2)Cc2ccccc2-3)cc1. The lowest BCUT2D eigenvalue weighted by molar-refractivity contribution is 1.21. The van der Waals surface area contributed by atoms with Gasteiger partial charge in [0.25, 0.3) is 0 Å². The van der Waals surface area contributed by atoms with Gasteiger partial charge in [-0.25, -0.2) is 0 Å². The minimum Gasteiger partial charge on any atom is -0.310 e. The van der Waals surface area contributed by atoms with Crippen LogP contribution in [-0.2, 0) is 12.8 Å². The second-order valence-corrected chi connectivity index (χ2v) is 9.52. The molecule has 34 heavy (non-hydrogen) atoms. The fourth-order valence-corrected chi connectivity index (χ4v) is 5.68. The standard InChI is InChI=1S/C33H25N/c1-22-10-12-27(13-11-22)34(28-14-16-32-25(20-28)18-23-6-2-4-8-30(23)32)29-15-17-33-26(21-29)19-24-7-3-5-9-31(24)33/h2-17,20-21H,18-19H2,1H3. The Morgan fingerprint density at radius 2 is 0.882 bits per heavy atom. The second kappa shape index (κ2) is 7.46. The van der Waals surface area contributed by atoms with Gasteiger partial charge < -0.3 is 4.90 Å². The highest BCUT2D eigenvalue weighted by molar-refractivity contribution is 5.85. The number of aryl methyl sites for hydroxylation is 1. The van der Waals surface area contributed by atoms with Gasteiger partial charge in [-0.3, -0.25) is 0 Å². The van der Waals surface area contributed by atoms with Crippen molar-refractivity contribution in [3.63, 3.8) is 0 Å². The lowest BCUT2D eigenvalue weighted by Gasteiger charge is -2.27. The fraction of sp³-hybridized carbons (Fsp3) is 0.0909. The summed E-state index contributed by atoms with van der Waals surface area (Å²) >= 11 is 0. The molecule has 0 amide bonds. The average Bonchev–Trinajstić information content (AvgIpc) is 3.43. The third-order valence-corrected chi connectivity index (χ3v) is 7.36. The van der Waals surface area contributed by atoms with Gasteiger partial charge in [0, 0.05) is 17.1 Å². The summed E-state index contributed by atoms with van der Waals surface area (Å²) in [6, 6.07) is 40.4. The van der Waals surface area contributed by atoms with Crippen molar-refractivity contribution in [1.29, 1.82) is 0 Å². The minimum atomic E-state index is 1.00. The summed E-state index contributed by atoms with van der Waals surface area (Å²) in [5.74, 6) is 0. The number of anilines is 3. The van der Waals surface area contributed by atoms with E-state index < -0.39 is 0 Å². The largest absolute Gasteiger partial charge is 0.310 e. The molecule has 0 bridgehead atoms. The van der Waals surface area contributed by atoms with Gasteiger partial charge in [-0.05, 0) is 101 Å². The summed E-state index contributed by atoms with van der Waals surface area (Å²) in [6.45, 7) is 2.15. The number of rotatable bonds is 3. The molecular weight excluding hydrogens is 410 g/mol. The molecule has 0 radical (unpaired) electrons. The van der Waals surface area contributed by atoms with Crippen LogP contribution in [0.3, 0.4) is 0 Å². The van der Waals surface area contributed by atoms with Crippen molar-refractivity contribution in [2.24, 2.45) is 0 Å². The zero-order valence-electron chi connectivity index (χ0n) is 19.3. The Morgan fingerprint density at radius 3 is 1.41 bits per heavy atom. The van der Waals surface area contributed by atoms with Crippen molar-refractivity contribution in [2.45, 2.75) is 19.8 Å². The Kier molecular flexibility index (Phi) is 4.25. The van der Waals surface area contributed by atoms with Crippen LogP contribution in [0.1, 0.15) is 27.8 Å². The first-order chi connectivity index (χ1) is 16.7. The van der Waals surface area contributed by atoms with Crippen molar-refractivity contribution >= 4 is 17.1 Å². The zero-order valence-corrected chi connectivity index (χ0v) is 19.3. The number of hydrogen-bond acceptors (Lipinski definition) is 1. The molecule has 162 valence electrons. The second-order valence-electron chi connectivity index (χ2n) is 9.52. The smallest absolute Gasteiger partial charge is 0.0464 e. The summed E-state index contributed by atoms with van der Waals surface area (Å²) in [6.07, 6.45) is 2.00. The Balaban J connectivity index is 1.35. The third-order valence-electron chi connectivity index (χ3n) is 7.36. The molecule has 0 saturated carbocycles. The first-order valence-corrected chi connectivity index (χ1v) is 12.0. The molecule has 0 N–H and O–H groups in total. The van der Waals surface area contributed by atoms with Crippen LogP contribution in [0.2, 0.25) is 0 Å². The van der Waals surface area contributed by atoms with E-state index in [-0.39, 0.29) is 0 Å². The zero-order chi connectivity index (χ0) is 22.6. The van der Waals surface area contributed by atoms with Crippen LogP contribution in [-0.4, -0.2) is 0 Å². The summed E-state index contributed by atoms with van der Waals surface area (Å²) in [5.41, 5.74) is 16.0. The third kappa shape index (κ3) is 3.01. The highest BCUT2D eigenvalue weighted by atomic mass is 15.1. The Hall–Kier alpha value is -4.10. The lowest BCUT2D eigenvalue weighted by Crippen LogP contribution is -2.10. The van der Waals surface area contributed by atoms with Crippen molar-refractivity contribution in [3.8, 4) is 22.3 Å². The van der Waals surface area contributed by atoms with Gasteiger partial charge in [0.1, 0.15) is 0 Å². The quantitative estimate of drug-likeness (QED) is 0.268. The Labute approximate surface area is 201 Å². The fourth-order valence-electron chi connectivity index (χ4n) is 5.68. The number of benzene rings is 5. The molecule has 0 aromatic heterocycles. The van der Waals surface area contributed by atoms with E-state index in [2.05, 4.69) is 121 Å². The van der Waals surface area contributed by atoms with Gasteiger partial charge in [-0.1, -0.05) is 78.4 Å². The summed E-state index contributed by atoms with van der Waals surface area (Å²) in [4.78, 5) is 2.41. The van der Waals surface area contributed by atoms with E-state index in [1.807, 2.05) is 0 Å². The monoisotopic (exact) mass is 435 g/mol. The van der Waals surface area contributed by atoms with Gasteiger partial charge in [0.05, 0.1) is 0 Å². The average molecular weight is 436 g/mol. The van der Waals surface area contributed by atoms with Crippen molar-refractivity contribution in [3.05, 3.63) is 137 Å². The molecule has 0 saturated heterocycles. The van der Waals surface area contributed by atoms with Crippen LogP contribution in [0.25, 0.3) is 22.3 Å². The van der Waals surface area contributed by atoms with E-state index in [0.29, 0.717) is 0 Å². The Morgan fingerprint density at radius 1 is 0.441 bits per heavy atom. The van der Waals surface area contributed by atoms with Crippen molar-refractivity contribution < 1.29 is 0 Å². The lowest BCUT2D eigenvalue weighted by atomic mass is 10.0. The predicted octanol–water partition coefficient (Wildman–Crippen LogP) is 8.61. The van der Waals surface area contributed by atoms with Crippen LogP contribution in [0, 0.1) is 6.92 Å². The number of fused-ring (bicyclic) bond motifs is 6. The van der Waals surface area contributed by atoms with Crippen LogP contribution in [0.15, 0.2) is 109 Å². The molecule has 1 heteroatoms. The first-order valence-electron chi connectivity index (χ1n) is 12.0. The molecule has 0 aliphatic heterocycles. The summed E-state index contributed by atoms with van der Waals surface area (Å²) in [5, 5.41) is 0. The molecule has 5 aromatic rings. The van der Waals surface area contributed by atoms with Gasteiger partial charge in [0.2, 0.25) is 0 Å². The molecule has 7 rings (SSSR count). The van der Waals surface area contributed by atoms with E-state index in [1.54, 1.807) is 0 Å². The predicted molar refractivity (Wildman–Crippen MR) is 142 cm³/mol. The van der Waals surface area contributed by atoms with E-state index in [0.717, 1.165) is 12.8 Å². The number of hydrogen-bond donors (Lipinski definition) is 0.